The summed E-state index contributed by atoms with van der Waals surface area (Å²) >= 11 is 11.9. The minimum atomic E-state index is -0.917. The van der Waals surface area contributed by atoms with Crippen LogP contribution in [0.1, 0.15) is 22.8 Å². The Morgan fingerprint density at radius 1 is 1.07 bits per heavy atom. The Bertz CT molecular complexity index is 1030. The van der Waals surface area contributed by atoms with Crippen LogP contribution in [0, 0.1) is 10.1 Å². The van der Waals surface area contributed by atoms with Crippen molar-refractivity contribution in [1.29, 1.82) is 0 Å². The minimum absolute atomic E-state index is 0.0165. The third-order valence-electron chi connectivity index (χ3n) is 3.70. The molecule has 0 saturated heterocycles. The molecule has 0 heterocycles. The van der Waals surface area contributed by atoms with Crippen molar-refractivity contribution < 1.29 is 28.8 Å². The van der Waals surface area contributed by atoms with Crippen molar-refractivity contribution in [2.45, 2.75) is 6.92 Å². The quantitative estimate of drug-likeness (QED) is 0.112. The SMILES string of the molecule is CC(=O)C(=Cc1ccc(Cl)cc1Cl)C(=O)OCCOC(=O)c1cccc([N+](=O)[O-])c1. The lowest BCUT2D eigenvalue weighted by Gasteiger charge is -2.08. The summed E-state index contributed by atoms with van der Waals surface area (Å²) in [5.74, 6) is -2.27. The van der Waals surface area contributed by atoms with Gasteiger partial charge in [-0.15, -0.1) is 0 Å². The number of benzene rings is 2. The van der Waals surface area contributed by atoms with Gasteiger partial charge in [0.05, 0.1) is 10.5 Å². The van der Waals surface area contributed by atoms with E-state index in [0.717, 1.165) is 6.07 Å². The summed E-state index contributed by atoms with van der Waals surface area (Å²) in [6, 6.07) is 9.57. The molecule has 0 unspecified atom stereocenters. The number of nitro benzene ring substituents is 1. The molecule has 0 aliphatic rings. The van der Waals surface area contributed by atoms with Crippen LogP contribution in [0.4, 0.5) is 5.69 Å². The molecule has 0 saturated carbocycles. The van der Waals surface area contributed by atoms with E-state index in [1.807, 2.05) is 0 Å². The molecule has 0 aromatic heterocycles. The molecule has 2 aromatic rings. The van der Waals surface area contributed by atoms with Gasteiger partial charge < -0.3 is 9.47 Å². The zero-order valence-corrected chi connectivity index (χ0v) is 17.1. The first-order valence-corrected chi connectivity index (χ1v) is 9.21. The third kappa shape index (κ3) is 6.40. The number of non-ortho nitro benzene ring substituents is 1. The molecular weight excluding hydrogens is 437 g/mol. The summed E-state index contributed by atoms with van der Waals surface area (Å²) in [4.78, 5) is 46.1. The predicted molar refractivity (Wildman–Crippen MR) is 109 cm³/mol. The number of esters is 2. The van der Waals surface area contributed by atoms with Gasteiger partial charge in [-0.3, -0.25) is 14.9 Å². The van der Waals surface area contributed by atoms with E-state index in [4.69, 9.17) is 32.7 Å². The van der Waals surface area contributed by atoms with Gasteiger partial charge in [-0.25, -0.2) is 9.59 Å². The standard InChI is InChI=1S/C20H15Cl2NO7/c1-12(24)17(10-13-5-6-15(21)11-18(13)22)20(26)30-8-7-29-19(25)14-3-2-4-16(9-14)23(27)28/h2-6,9-11H,7-8H2,1H3. The van der Waals surface area contributed by atoms with Crippen molar-refractivity contribution in [1.82, 2.24) is 0 Å². The molecule has 8 nitrogen and oxygen atoms in total. The van der Waals surface area contributed by atoms with Gasteiger partial charge in [-0.1, -0.05) is 35.3 Å². The van der Waals surface area contributed by atoms with Crippen LogP contribution in [0.5, 0.6) is 0 Å². The molecule has 0 aliphatic heterocycles. The number of Topliss-reactive ketones (excluding diaryl/α,β-unsaturated/α-hetero) is 1. The molecule has 0 N–H and O–H groups in total. The van der Waals surface area contributed by atoms with Crippen LogP contribution in [0.15, 0.2) is 48.0 Å². The second kappa shape index (κ2) is 10.5. The number of rotatable bonds is 8. The fraction of sp³-hybridized carbons (Fsp3) is 0.150. The number of hydrogen-bond acceptors (Lipinski definition) is 7. The van der Waals surface area contributed by atoms with Gasteiger partial charge in [0.25, 0.3) is 5.69 Å². The van der Waals surface area contributed by atoms with Crippen LogP contribution in [0.2, 0.25) is 10.0 Å². The van der Waals surface area contributed by atoms with Crippen LogP contribution in [0.25, 0.3) is 6.08 Å². The average molecular weight is 452 g/mol. The lowest BCUT2D eigenvalue weighted by Crippen LogP contribution is -2.18. The summed E-state index contributed by atoms with van der Waals surface area (Å²) in [7, 11) is 0. The molecule has 2 aromatic carbocycles. The van der Waals surface area contributed by atoms with E-state index in [9.17, 15) is 24.5 Å². The molecule has 0 fully saturated rings. The maximum absolute atomic E-state index is 12.2. The Morgan fingerprint density at radius 3 is 2.40 bits per heavy atom. The third-order valence-corrected chi connectivity index (χ3v) is 4.27. The van der Waals surface area contributed by atoms with Gasteiger partial charge in [0.15, 0.2) is 5.78 Å². The van der Waals surface area contributed by atoms with Crippen molar-refractivity contribution in [3.05, 3.63) is 79.3 Å². The Hall–Kier alpha value is -3.23. The van der Waals surface area contributed by atoms with Gasteiger partial charge in [0, 0.05) is 22.2 Å². The molecule has 2 rings (SSSR count). The molecule has 0 radical (unpaired) electrons. The van der Waals surface area contributed by atoms with Crippen LogP contribution in [-0.2, 0) is 19.1 Å². The van der Waals surface area contributed by atoms with Crippen molar-refractivity contribution in [3.8, 4) is 0 Å². The minimum Gasteiger partial charge on any atom is -0.458 e. The molecule has 0 atom stereocenters. The van der Waals surface area contributed by atoms with Crippen molar-refractivity contribution in [2.75, 3.05) is 13.2 Å². The zero-order valence-electron chi connectivity index (χ0n) is 15.6. The lowest BCUT2D eigenvalue weighted by atomic mass is 10.1. The number of nitro groups is 1. The first-order chi connectivity index (χ1) is 14.2. The zero-order chi connectivity index (χ0) is 22.3. The second-order valence-corrected chi connectivity index (χ2v) is 6.70. The van der Waals surface area contributed by atoms with Gasteiger partial charge >= 0.3 is 11.9 Å². The highest BCUT2D eigenvalue weighted by Crippen LogP contribution is 2.23. The number of ketones is 1. The fourth-order valence-corrected chi connectivity index (χ4v) is 2.72. The van der Waals surface area contributed by atoms with E-state index >= 15 is 0 Å². The molecule has 0 spiro atoms. The maximum Gasteiger partial charge on any atom is 0.341 e. The highest BCUT2D eigenvalue weighted by molar-refractivity contribution is 6.35. The predicted octanol–water partition coefficient (Wildman–Crippen LogP) is 4.27. The van der Waals surface area contributed by atoms with E-state index < -0.39 is 22.6 Å². The number of ether oxygens (including phenoxy) is 2. The van der Waals surface area contributed by atoms with Gasteiger partial charge in [0.1, 0.15) is 18.8 Å². The van der Waals surface area contributed by atoms with Gasteiger partial charge in [-0.2, -0.15) is 0 Å². The molecule has 0 bridgehead atoms. The molecule has 0 amide bonds. The fourth-order valence-electron chi connectivity index (χ4n) is 2.25. The molecule has 0 aliphatic carbocycles. The molecule has 10 heteroatoms. The van der Waals surface area contributed by atoms with Crippen molar-refractivity contribution in [2.24, 2.45) is 0 Å². The highest BCUT2D eigenvalue weighted by atomic mass is 35.5. The van der Waals surface area contributed by atoms with Crippen molar-refractivity contribution >= 4 is 52.7 Å². The lowest BCUT2D eigenvalue weighted by molar-refractivity contribution is -0.384. The monoisotopic (exact) mass is 451 g/mol. The highest BCUT2D eigenvalue weighted by Gasteiger charge is 2.18. The average Bonchev–Trinajstić information content (AvgIpc) is 2.70. The van der Waals surface area contributed by atoms with E-state index in [0.29, 0.717) is 10.6 Å². The van der Waals surface area contributed by atoms with Crippen LogP contribution < -0.4 is 0 Å². The van der Waals surface area contributed by atoms with Crippen LogP contribution in [-0.4, -0.2) is 35.9 Å². The topological polar surface area (TPSA) is 113 Å². The molecule has 156 valence electrons. The number of halogens is 2. The first-order valence-electron chi connectivity index (χ1n) is 8.45. The molecular formula is C20H15Cl2NO7. The van der Waals surface area contributed by atoms with Gasteiger partial charge in [0.2, 0.25) is 0 Å². The smallest absolute Gasteiger partial charge is 0.341 e. The van der Waals surface area contributed by atoms with E-state index in [1.165, 1.54) is 37.3 Å². The summed E-state index contributed by atoms with van der Waals surface area (Å²) in [6.45, 7) is 0.567. The Balaban J connectivity index is 1.95. The summed E-state index contributed by atoms with van der Waals surface area (Å²) < 4.78 is 9.89. The number of hydrogen-bond donors (Lipinski definition) is 0. The Labute approximate surface area is 181 Å². The Morgan fingerprint density at radius 2 is 1.77 bits per heavy atom. The maximum atomic E-state index is 12.2. The van der Waals surface area contributed by atoms with E-state index in [2.05, 4.69) is 0 Å². The first kappa shape index (κ1) is 23.1. The normalized spacial score (nSPS) is 11.0. The van der Waals surface area contributed by atoms with Crippen LogP contribution in [0.3, 0.4) is 0 Å². The van der Waals surface area contributed by atoms with E-state index in [-0.39, 0.29) is 35.1 Å². The van der Waals surface area contributed by atoms with Crippen molar-refractivity contribution in [3.63, 3.8) is 0 Å². The summed E-state index contributed by atoms with van der Waals surface area (Å²) in [5, 5.41) is 11.4. The second-order valence-electron chi connectivity index (χ2n) is 5.86. The van der Waals surface area contributed by atoms with Crippen LogP contribution >= 0.6 is 23.2 Å². The summed E-state index contributed by atoms with van der Waals surface area (Å²) in [6.07, 6.45) is 1.28. The van der Waals surface area contributed by atoms with E-state index in [1.54, 1.807) is 12.1 Å². The largest absolute Gasteiger partial charge is 0.458 e. The number of carbonyl (C=O) groups excluding carboxylic acids is 3. The number of carbonyl (C=O) groups is 3. The number of nitrogens with zero attached hydrogens (tertiary/aromatic N) is 1. The van der Waals surface area contributed by atoms with Gasteiger partial charge in [-0.05, 0) is 36.8 Å². The molecule has 30 heavy (non-hydrogen) atoms. The Kier molecular flexibility index (Phi) is 8.08. The summed E-state index contributed by atoms with van der Waals surface area (Å²) in [5.41, 5.74) is -0.116.